The molecule has 12 heteroatoms. The summed E-state index contributed by atoms with van der Waals surface area (Å²) in [6, 6.07) is 26.6. The van der Waals surface area contributed by atoms with Crippen molar-refractivity contribution in [2.24, 2.45) is 0 Å². The first-order valence-corrected chi connectivity index (χ1v) is 15.1. The van der Waals surface area contributed by atoms with Crippen LogP contribution in [0.2, 0.25) is 5.02 Å². The molecule has 1 aliphatic rings. The lowest BCUT2D eigenvalue weighted by atomic mass is 10.1. The molecule has 0 radical (unpaired) electrons. The molecule has 1 heterocycles. The van der Waals surface area contributed by atoms with Crippen molar-refractivity contribution in [1.29, 1.82) is 0 Å². The molecule has 4 aromatic carbocycles. The Kier molecular flexibility index (Phi) is 9.03. The summed E-state index contributed by atoms with van der Waals surface area (Å²) >= 11 is 6.10. The molecule has 0 unspecified atom stereocenters. The van der Waals surface area contributed by atoms with Crippen LogP contribution in [-0.4, -0.2) is 46.6 Å². The minimum absolute atomic E-state index is 0.00193. The Bertz CT molecular complexity index is 1720. The first-order valence-electron chi connectivity index (χ1n) is 13.2. The van der Waals surface area contributed by atoms with Gasteiger partial charge >= 0.3 is 0 Å². The predicted molar refractivity (Wildman–Crippen MR) is 162 cm³/mol. The molecule has 0 bridgehead atoms. The standard InChI is InChI=1S/C31H28ClN3O7S/c1-40-27-16-11-22(17-25(27)32)34-43(38,39)24-14-12-23(13-15-24)41-20-30(36)35-19-29(42-28-10-6-5-9-26(28)35)31(37)33-18-21-7-3-2-4-8-21/h2-17,29,34H,18-20H2,1H3,(H,33,37)/t29-/m0/s1. The van der Waals surface area contributed by atoms with Gasteiger partial charge in [0.05, 0.1) is 34.9 Å². The highest BCUT2D eigenvalue weighted by Gasteiger charge is 2.34. The molecule has 0 saturated carbocycles. The van der Waals surface area contributed by atoms with Crippen LogP contribution in [0, 0.1) is 0 Å². The number of hydrogen-bond donors (Lipinski definition) is 2. The maximum Gasteiger partial charge on any atom is 0.265 e. The summed E-state index contributed by atoms with van der Waals surface area (Å²) in [6.45, 7) is -0.0211. The Balaban J connectivity index is 1.21. The van der Waals surface area contributed by atoms with Crippen LogP contribution in [-0.2, 0) is 26.2 Å². The number of anilines is 2. The van der Waals surface area contributed by atoms with Crippen molar-refractivity contribution in [3.63, 3.8) is 0 Å². The molecule has 5 rings (SSSR count). The second-order valence-corrected chi connectivity index (χ2v) is 11.6. The minimum atomic E-state index is -3.92. The number of methoxy groups -OCH3 is 1. The predicted octanol–water partition coefficient (Wildman–Crippen LogP) is 4.64. The maximum atomic E-state index is 13.3. The van der Waals surface area contributed by atoms with E-state index in [-0.39, 0.29) is 34.7 Å². The number of sulfonamides is 1. The van der Waals surface area contributed by atoms with Gasteiger partial charge in [-0.2, -0.15) is 0 Å². The average Bonchev–Trinajstić information content (AvgIpc) is 3.02. The van der Waals surface area contributed by atoms with Crippen LogP contribution in [0.15, 0.2) is 102 Å². The van der Waals surface area contributed by atoms with E-state index in [4.69, 9.17) is 25.8 Å². The van der Waals surface area contributed by atoms with Crippen molar-refractivity contribution in [3.05, 3.63) is 108 Å². The van der Waals surface area contributed by atoms with Gasteiger partial charge in [-0.25, -0.2) is 8.42 Å². The summed E-state index contributed by atoms with van der Waals surface area (Å²) in [6.07, 6.45) is -0.917. The van der Waals surface area contributed by atoms with Gasteiger partial charge in [-0.3, -0.25) is 14.3 Å². The van der Waals surface area contributed by atoms with Crippen LogP contribution in [0.3, 0.4) is 0 Å². The highest BCUT2D eigenvalue weighted by Crippen LogP contribution is 2.33. The molecular weight excluding hydrogens is 594 g/mol. The van der Waals surface area contributed by atoms with E-state index in [1.165, 1.54) is 48.4 Å². The van der Waals surface area contributed by atoms with E-state index >= 15 is 0 Å². The molecule has 1 atom stereocenters. The van der Waals surface area contributed by atoms with Gasteiger partial charge < -0.3 is 24.4 Å². The third-order valence-corrected chi connectivity index (χ3v) is 8.27. The number of para-hydroxylation sites is 2. The molecule has 2 amide bonds. The number of nitrogens with zero attached hydrogens (tertiary/aromatic N) is 1. The first-order chi connectivity index (χ1) is 20.7. The summed E-state index contributed by atoms with van der Waals surface area (Å²) in [5.74, 6) is 0.370. The van der Waals surface area contributed by atoms with Gasteiger partial charge in [-0.05, 0) is 60.2 Å². The van der Waals surface area contributed by atoms with E-state index in [1.54, 1.807) is 30.3 Å². The second-order valence-electron chi connectivity index (χ2n) is 9.50. The van der Waals surface area contributed by atoms with Gasteiger partial charge in [0.25, 0.3) is 21.8 Å². The van der Waals surface area contributed by atoms with Crippen molar-refractivity contribution < 1.29 is 32.2 Å². The Morgan fingerprint density at radius 1 is 0.977 bits per heavy atom. The molecule has 0 spiro atoms. The fourth-order valence-corrected chi connectivity index (χ4v) is 5.70. The number of ether oxygens (including phenoxy) is 3. The lowest BCUT2D eigenvalue weighted by molar-refractivity contribution is -0.128. The summed E-state index contributed by atoms with van der Waals surface area (Å²) < 4.78 is 44.8. The number of nitrogens with one attached hydrogen (secondary N) is 2. The van der Waals surface area contributed by atoms with Gasteiger partial charge in [0.1, 0.15) is 17.2 Å². The Morgan fingerprint density at radius 2 is 1.70 bits per heavy atom. The number of halogens is 1. The SMILES string of the molecule is COc1ccc(NS(=O)(=O)c2ccc(OCC(=O)N3C[C@@H](C(=O)NCc4ccccc4)Oc4ccccc43)cc2)cc1Cl. The van der Waals surface area contributed by atoms with Crippen molar-refractivity contribution in [2.45, 2.75) is 17.5 Å². The topological polar surface area (TPSA) is 123 Å². The Morgan fingerprint density at radius 3 is 2.42 bits per heavy atom. The highest BCUT2D eigenvalue weighted by molar-refractivity contribution is 7.92. The zero-order valence-electron chi connectivity index (χ0n) is 23.0. The van der Waals surface area contributed by atoms with Crippen molar-refractivity contribution >= 4 is 44.8 Å². The molecule has 1 aliphatic heterocycles. The van der Waals surface area contributed by atoms with Crippen LogP contribution < -0.4 is 29.1 Å². The summed E-state index contributed by atoms with van der Waals surface area (Å²) in [4.78, 5) is 27.6. The van der Waals surface area contributed by atoms with Gasteiger partial charge in [-0.15, -0.1) is 0 Å². The summed E-state index contributed by atoms with van der Waals surface area (Å²) in [7, 11) is -2.45. The van der Waals surface area contributed by atoms with Gasteiger partial charge in [-0.1, -0.05) is 54.1 Å². The molecule has 0 aliphatic carbocycles. The van der Waals surface area contributed by atoms with E-state index < -0.39 is 22.0 Å². The average molecular weight is 622 g/mol. The Hall–Kier alpha value is -4.74. The number of carbonyl (C=O) groups excluding carboxylic acids is 2. The fraction of sp³-hybridized carbons (Fsp3) is 0.161. The largest absolute Gasteiger partial charge is 0.495 e. The normalized spacial score (nSPS) is 14.2. The van der Waals surface area contributed by atoms with Gasteiger partial charge in [0.2, 0.25) is 0 Å². The fourth-order valence-electron chi connectivity index (χ4n) is 4.39. The molecule has 2 N–H and O–H groups in total. The van der Waals surface area contributed by atoms with E-state index in [1.807, 2.05) is 30.3 Å². The quantitative estimate of drug-likeness (QED) is 0.264. The maximum absolute atomic E-state index is 13.3. The summed E-state index contributed by atoms with van der Waals surface area (Å²) in [5.41, 5.74) is 1.73. The first kappa shape index (κ1) is 29.7. The zero-order valence-corrected chi connectivity index (χ0v) is 24.6. The van der Waals surface area contributed by atoms with E-state index in [9.17, 15) is 18.0 Å². The molecule has 10 nitrogen and oxygen atoms in total. The molecular formula is C31H28ClN3O7S. The van der Waals surface area contributed by atoms with Crippen molar-refractivity contribution in [1.82, 2.24) is 5.32 Å². The van der Waals surface area contributed by atoms with E-state index in [0.717, 1.165) is 5.56 Å². The van der Waals surface area contributed by atoms with Crippen molar-refractivity contribution in [3.8, 4) is 17.2 Å². The third kappa shape index (κ3) is 7.19. The monoisotopic (exact) mass is 621 g/mol. The lowest BCUT2D eigenvalue weighted by Gasteiger charge is -2.34. The highest BCUT2D eigenvalue weighted by atomic mass is 35.5. The number of hydrogen-bond acceptors (Lipinski definition) is 7. The molecule has 0 fully saturated rings. The van der Waals surface area contributed by atoms with Crippen molar-refractivity contribution in [2.75, 3.05) is 29.9 Å². The molecule has 43 heavy (non-hydrogen) atoms. The zero-order chi connectivity index (χ0) is 30.4. The van der Waals surface area contributed by atoms with E-state index in [0.29, 0.717) is 29.5 Å². The minimum Gasteiger partial charge on any atom is -0.495 e. The van der Waals surface area contributed by atoms with Gasteiger partial charge in [0, 0.05) is 6.54 Å². The number of benzene rings is 4. The van der Waals surface area contributed by atoms with E-state index in [2.05, 4.69) is 10.0 Å². The number of rotatable bonds is 10. The molecule has 222 valence electrons. The molecule has 0 saturated heterocycles. The number of amides is 2. The number of fused-ring (bicyclic) bond motifs is 1. The van der Waals surface area contributed by atoms with Crippen LogP contribution in [0.4, 0.5) is 11.4 Å². The molecule has 0 aromatic heterocycles. The van der Waals surface area contributed by atoms with Crippen LogP contribution in [0.25, 0.3) is 0 Å². The lowest BCUT2D eigenvalue weighted by Crippen LogP contribution is -2.51. The third-order valence-electron chi connectivity index (χ3n) is 6.58. The number of carbonyl (C=O) groups is 2. The van der Waals surface area contributed by atoms with Gasteiger partial charge in [0.15, 0.2) is 12.7 Å². The smallest absolute Gasteiger partial charge is 0.265 e. The summed E-state index contributed by atoms with van der Waals surface area (Å²) in [5, 5.41) is 3.12. The van der Waals surface area contributed by atoms with Crippen LogP contribution >= 0.6 is 11.6 Å². The van der Waals surface area contributed by atoms with Crippen LogP contribution in [0.1, 0.15) is 5.56 Å². The Labute approximate surface area is 254 Å². The second kappa shape index (κ2) is 13.1. The molecule has 4 aromatic rings. The van der Waals surface area contributed by atoms with Crippen LogP contribution in [0.5, 0.6) is 17.2 Å².